The van der Waals surface area contributed by atoms with Gasteiger partial charge in [0, 0.05) is 5.56 Å². The van der Waals surface area contributed by atoms with E-state index in [0.29, 0.717) is 22.4 Å². The number of nitrogens with one attached hydrogen (secondary N) is 1. The summed E-state index contributed by atoms with van der Waals surface area (Å²) >= 11 is 0. The maximum absolute atomic E-state index is 12.3. The maximum atomic E-state index is 12.3. The Morgan fingerprint density at radius 3 is 2.39 bits per heavy atom. The molecule has 0 aliphatic heterocycles. The number of hydroxylamine groups is 1. The van der Waals surface area contributed by atoms with E-state index in [2.05, 4.69) is 15.4 Å². The van der Waals surface area contributed by atoms with Crippen LogP contribution < -0.4 is 10.2 Å². The highest BCUT2D eigenvalue weighted by atomic mass is 19.4. The molecule has 168 valence electrons. The van der Waals surface area contributed by atoms with Gasteiger partial charge < -0.3 is 19.1 Å². The normalized spacial score (nSPS) is 12.9. The number of hydrogen-bond acceptors (Lipinski definition) is 7. The van der Waals surface area contributed by atoms with Gasteiger partial charge >= 0.3 is 12.3 Å². The molecule has 10 heteroatoms. The molecule has 2 rings (SSSR count). The summed E-state index contributed by atoms with van der Waals surface area (Å²) in [6, 6.07) is 9.81. The molecule has 2 aromatic carbocycles. The number of benzene rings is 2. The number of nitrogens with zero attached hydrogens (tertiary/aromatic N) is 1. The molecule has 0 saturated carbocycles. The van der Waals surface area contributed by atoms with E-state index in [0.717, 1.165) is 5.56 Å². The van der Waals surface area contributed by atoms with Crippen LogP contribution >= 0.6 is 0 Å². The van der Waals surface area contributed by atoms with Gasteiger partial charge in [-0.05, 0) is 54.8 Å². The molecule has 7 nitrogen and oxygen atoms in total. The van der Waals surface area contributed by atoms with E-state index < -0.39 is 18.4 Å². The zero-order valence-corrected chi connectivity index (χ0v) is 17.4. The van der Waals surface area contributed by atoms with Gasteiger partial charge in [0.25, 0.3) is 0 Å². The zero-order valence-electron chi connectivity index (χ0n) is 17.4. The average Bonchev–Trinajstić information content (AvgIpc) is 2.72. The van der Waals surface area contributed by atoms with E-state index in [1.807, 2.05) is 13.0 Å². The van der Waals surface area contributed by atoms with Crippen molar-refractivity contribution in [2.24, 2.45) is 5.16 Å². The number of ether oxygens (including phenoxy) is 2. The SMILES string of the molecule is CONC(C(=O)OC)c1cccc(C)c1CO/N=C(\C)c1ccc(OC(F)(F)F)cc1. The average molecular weight is 440 g/mol. The van der Waals surface area contributed by atoms with Crippen LogP contribution in [0.3, 0.4) is 0 Å². The number of halogens is 3. The molecule has 0 aliphatic carbocycles. The molecular formula is C21H23F3N2O5. The number of carbonyl (C=O) groups excluding carboxylic acids is 1. The van der Waals surface area contributed by atoms with E-state index in [1.165, 1.54) is 38.5 Å². The van der Waals surface area contributed by atoms with Crippen molar-refractivity contribution in [3.63, 3.8) is 0 Å². The fourth-order valence-corrected chi connectivity index (χ4v) is 2.81. The van der Waals surface area contributed by atoms with Crippen LogP contribution in [0, 0.1) is 6.92 Å². The van der Waals surface area contributed by atoms with Crippen LogP contribution in [0.15, 0.2) is 47.6 Å². The number of hydrogen-bond donors (Lipinski definition) is 1. The Hall–Kier alpha value is -3.11. The lowest BCUT2D eigenvalue weighted by Crippen LogP contribution is -2.30. The van der Waals surface area contributed by atoms with Gasteiger partial charge in [0.05, 0.1) is 19.9 Å². The fourth-order valence-electron chi connectivity index (χ4n) is 2.81. The van der Waals surface area contributed by atoms with Gasteiger partial charge in [0.2, 0.25) is 0 Å². The Morgan fingerprint density at radius 2 is 1.81 bits per heavy atom. The highest BCUT2D eigenvalue weighted by molar-refractivity contribution is 5.98. The molecule has 0 bridgehead atoms. The highest BCUT2D eigenvalue weighted by Crippen LogP contribution is 2.25. The van der Waals surface area contributed by atoms with Crippen molar-refractivity contribution in [3.8, 4) is 5.75 Å². The first-order chi connectivity index (χ1) is 14.7. The standard InChI is InChI=1S/C21H23F3N2O5/c1-13-6-5-7-17(19(26-29-4)20(27)28-3)18(13)12-30-25-14(2)15-8-10-16(11-9-15)31-21(22,23)24/h5-11,19,26H,12H2,1-4H3/b25-14+. The van der Waals surface area contributed by atoms with Crippen LogP contribution in [0.25, 0.3) is 0 Å². The van der Waals surface area contributed by atoms with Crippen molar-refractivity contribution in [1.29, 1.82) is 0 Å². The Balaban J connectivity index is 2.15. The molecule has 0 amide bonds. The van der Waals surface area contributed by atoms with Crippen LogP contribution in [0.1, 0.15) is 35.2 Å². The topological polar surface area (TPSA) is 78.4 Å². The molecule has 0 fully saturated rings. The second-order valence-corrected chi connectivity index (χ2v) is 6.44. The largest absolute Gasteiger partial charge is 0.573 e. The first kappa shape index (κ1) is 24.2. The van der Waals surface area contributed by atoms with Crippen LogP contribution in [0.2, 0.25) is 0 Å². The maximum Gasteiger partial charge on any atom is 0.573 e. The minimum absolute atomic E-state index is 0.0491. The predicted molar refractivity (Wildman–Crippen MR) is 106 cm³/mol. The molecule has 1 unspecified atom stereocenters. The summed E-state index contributed by atoms with van der Waals surface area (Å²) in [6.45, 7) is 3.56. The number of oxime groups is 1. The number of rotatable bonds is 9. The number of alkyl halides is 3. The van der Waals surface area contributed by atoms with Crippen LogP contribution in [-0.4, -0.2) is 32.3 Å². The predicted octanol–water partition coefficient (Wildman–Crippen LogP) is 4.20. The number of aryl methyl sites for hydroxylation is 1. The molecule has 2 aromatic rings. The molecule has 31 heavy (non-hydrogen) atoms. The zero-order chi connectivity index (χ0) is 23.0. The van der Waals surface area contributed by atoms with Gasteiger partial charge in [-0.15, -0.1) is 13.2 Å². The van der Waals surface area contributed by atoms with Crippen LogP contribution in [0.4, 0.5) is 13.2 Å². The van der Waals surface area contributed by atoms with Crippen molar-refractivity contribution < 1.29 is 37.1 Å². The second kappa shape index (κ2) is 10.8. The van der Waals surface area contributed by atoms with Crippen molar-refractivity contribution >= 4 is 11.7 Å². The van der Waals surface area contributed by atoms with E-state index in [-0.39, 0.29) is 12.4 Å². The third kappa shape index (κ3) is 6.97. The molecule has 1 atom stereocenters. The van der Waals surface area contributed by atoms with E-state index in [4.69, 9.17) is 14.4 Å². The molecule has 0 spiro atoms. The minimum Gasteiger partial charge on any atom is -0.468 e. The quantitative estimate of drug-likeness (QED) is 0.358. The van der Waals surface area contributed by atoms with Crippen molar-refractivity contribution in [2.75, 3.05) is 14.2 Å². The smallest absolute Gasteiger partial charge is 0.468 e. The number of methoxy groups -OCH3 is 1. The monoisotopic (exact) mass is 440 g/mol. The molecule has 0 heterocycles. The third-order valence-electron chi connectivity index (χ3n) is 4.35. The van der Waals surface area contributed by atoms with Gasteiger partial charge in [0.15, 0.2) is 6.04 Å². The van der Waals surface area contributed by atoms with Gasteiger partial charge in [-0.3, -0.25) is 0 Å². The first-order valence-corrected chi connectivity index (χ1v) is 9.13. The summed E-state index contributed by atoms with van der Waals surface area (Å²) in [4.78, 5) is 22.5. The number of carbonyl (C=O) groups is 1. The van der Waals surface area contributed by atoms with Crippen LogP contribution in [-0.2, 0) is 25.8 Å². The minimum atomic E-state index is -4.75. The van der Waals surface area contributed by atoms with Gasteiger partial charge in [-0.2, -0.15) is 5.48 Å². The molecular weight excluding hydrogens is 417 g/mol. The summed E-state index contributed by atoms with van der Waals surface area (Å²) in [7, 11) is 2.66. The third-order valence-corrected chi connectivity index (χ3v) is 4.35. The van der Waals surface area contributed by atoms with Crippen molar-refractivity contribution in [2.45, 2.75) is 32.9 Å². The first-order valence-electron chi connectivity index (χ1n) is 9.13. The summed E-state index contributed by atoms with van der Waals surface area (Å²) in [5.41, 5.74) is 5.81. The molecule has 0 aromatic heterocycles. The van der Waals surface area contributed by atoms with Crippen LogP contribution in [0.5, 0.6) is 5.75 Å². The Kier molecular flexibility index (Phi) is 8.40. The summed E-state index contributed by atoms with van der Waals surface area (Å²) < 4.78 is 45.5. The second-order valence-electron chi connectivity index (χ2n) is 6.44. The van der Waals surface area contributed by atoms with Crippen molar-refractivity contribution in [3.05, 3.63) is 64.7 Å². The highest BCUT2D eigenvalue weighted by Gasteiger charge is 2.31. The Morgan fingerprint density at radius 1 is 1.13 bits per heavy atom. The van der Waals surface area contributed by atoms with Gasteiger partial charge in [-0.1, -0.05) is 23.4 Å². The lowest BCUT2D eigenvalue weighted by atomic mass is 9.97. The number of esters is 1. The molecule has 0 aliphatic rings. The summed E-state index contributed by atoms with van der Waals surface area (Å²) in [6.07, 6.45) is -4.75. The van der Waals surface area contributed by atoms with Crippen molar-refractivity contribution in [1.82, 2.24) is 5.48 Å². The lowest BCUT2D eigenvalue weighted by molar-refractivity contribution is -0.274. The van der Waals surface area contributed by atoms with E-state index >= 15 is 0 Å². The summed E-state index contributed by atoms with van der Waals surface area (Å²) in [5, 5.41) is 4.03. The Labute approximate surface area is 177 Å². The fraction of sp³-hybridized carbons (Fsp3) is 0.333. The van der Waals surface area contributed by atoms with E-state index in [1.54, 1.807) is 19.1 Å². The summed E-state index contributed by atoms with van der Waals surface area (Å²) in [5.74, 6) is -0.858. The molecule has 0 saturated heterocycles. The lowest BCUT2D eigenvalue weighted by Gasteiger charge is -2.19. The van der Waals surface area contributed by atoms with E-state index in [9.17, 15) is 18.0 Å². The van der Waals surface area contributed by atoms with Gasteiger partial charge in [-0.25, -0.2) is 4.79 Å². The Bertz CT molecular complexity index is 914. The molecule has 0 radical (unpaired) electrons. The van der Waals surface area contributed by atoms with Gasteiger partial charge in [0.1, 0.15) is 12.4 Å². The molecule has 1 N–H and O–H groups in total.